The van der Waals surface area contributed by atoms with Crippen molar-refractivity contribution in [3.63, 3.8) is 0 Å². The fourth-order valence-corrected chi connectivity index (χ4v) is 1.96. The van der Waals surface area contributed by atoms with E-state index in [-0.39, 0.29) is 5.75 Å². The van der Waals surface area contributed by atoms with Gasteiger partial charge in [-0.25, -0.2) is 0 Å². The summed E-state index contributed by atoms with van der Waals surface area (Å²) in [7, 11) is 0. The van der Waals surface area contributed by atoms with E-state index in [4.69, 9.17) is 5.73 Å². The monoisotopic (exact) mass is 279 g/mol. The van der Waals surface area contributed by atoms with Gasteiger partial charge in [-0.15, -0.1) is 0 Å². The zero-order valence-electron chi connectivity index (χ0n) is 12.3. The Morgan fingerprint density at radius 3 is 2.00 bits per heavy atom. The number of allylic oxidation sites excluding steroid dienone is 9. The molecule has 1 aromatic rings. The molecule has 0 aliphatic carbocycles. The lowest BCUT2D eigenvalue weighted by Gasteiger charge is -2.13. The van der Waals surface area contributed by atoms with Gasteiger partial charge >= 0.3 is 0 Å². The minimum absolute atomic E-state index is 0.146. The number of nitrogen functional groups attached to an aromatic ring is 1. The van der Waals surface area contributed by atoms with Gasteiger partial charge in [-0.1, -0.05) is 62.3 Å². The van der Waals surface area contributed by atoms with E-state index >= 15 is 0 Å². The second-order valence-corrected chi connectivity index (χ2v) is 4.38. The minimum Gasteiger partial charge on any atom is -0.507 e. The highest BCUT2D eigenvalue weighted by atomic mass is 16.3. The van der Waals surface area contributed by atoms with Crippen LogP contribution in [0.5, 0.6) is 5.75 Å². The predicted octanol–water partition coefficient (Wildman–Crippen LogP) is 4.88. The van der Waals surface area contributed by atoms with Crippen LogP contribution in [0.4, 0.5) is 5.69 Å². The average molecular weight is 279 g/mol. The van der Waals surface area contributed by atoms with Crippen LogP contribution in [0.25, 0.3) is 11.1 Å². The van der Waals surface area contributed by atoms with E-state index < -0.39 is 0 Å². The highest BCUT2D eigenvalue weighted by Gasteiger charge is 2.12. The summed E-state index contributed by atoms with van der Waals surface area (Å²) >= 11 is 0. The highest BCUT2D eigenvalue weighted by molar-refractivity contribution is 5.88. The Labute approximate surface area is 126 Å². The van der Waals surface area contributed by atoms with Gasteiger partial charge in [0.1, 0.15) is 5.75 Å². The highest BCUT2D eigenvalue weighted by Crippen LogP contribution is 2.36. The Bertz CT molecular complexity index is 646. The molecule has 0 heterocycles. The van der Waals surface area contributed by atoms with Gasteiger partial charge in [0.15, 0.2) is 0 Å². The first-order chi connectivity index (χ1) is 10.1. The summed E-state index contributed by atoms with van der Waals surface area (Å²) in [6.07, 6.45) is 12.4. The van der Waals surface area contributed by atoms with Gasteiger partial charge in [0.25, 0.3) is 0 Å². The van der Waals surface area contributed by atoms with E-state index in [0.717, 1.165) is 11.1 Å². The van der Waals surface area contributed by atoms with Gasteiger partial charge in [0.05, 0.1) is 0 Å². The molecule has 0 atom stereocenters. The summed E-state index contributed by atoms with van der Waals surface area (Å²) in [4.78, 5) is 0. The average Bonchev–Trinajstić information content (AvgIpc) is 2.48. The van der Waals surface area contributed by atoms with Crippen molar-refractivity contribution in [1.29, 1.82) is 0 Å². The molecule has 2 heteroatoms. The molecule has 0 saturated heterocycles. The molecule has 108 valence electrons. The number of hydrogen-bond donors (Lipinski definition) is 2. The van der Waals surface area contributed by atoms with Crippen LogP contribution in [0.1, 0.15) is 18.1 Å². The van der Waals surface area contributed by atoms with Crippen molar-refractivity contribution in [2.24, 2.45) is 0 Å². The Kier molecular flexibility index (Phi) is 6.02. The van der Waals surface area contributed by atoms with Gasteiger partial charge in [-0.2, -0.15) is 0 Å². The van der Waals surface area contributed by atoms with Crippen molar-refractivity contribution >= 4 is 16.8 Å². The molecule has 2 nitrogen and oxygen atoms in total. The zero-order chi connectivity index (χ0) is 15.8. The number of benzene rings is 1. The van der Waals surface area contributed by atoms with Crippen molar-refractivity contribution in [1.82, 2.24) is 0 Å². The zero-order valence-corrected chi connectivity index (χ0v) is 12.3. The van der Waals surface area contributed by atoms with Gasteiger partial charge in [0, 0.05) is 16.8 Å². The summed E-state index contributed by atoms with van der Waals surface area (Å²) in [6.45, 7) is 13.1. The van der Waals surface area contributed by atoms with Gasteiger partial charge in [0.2, 0.25) is 0 Å². The number of hydrogen-bond acceptors (Lipinski definition) is 2. The Morgan fingerprint density at radius 1 is 1.05 bits per heavy atom. The largest absolute Gasteiger partial charge is 0.507 e. The van der Waals surface area contributed by atoms with E-state index in [0.29, 0.717) is 16.8 Å². The van der Waals surface area contributed by atoms with Crippen molar-refractivity contribution < 1.29 is 5.11 Å². The molecule has 1 rings (SSSR count). The molecule has 0 saturated carbocycles. The van der Waals surface area contributed by atoms with Crippen LogP contribution in [0.2, 0.25) is 0 Å². The van der Waals surface area contributed by atoms with Crippen LogP contribution < -0.4 is 5.73 Å². The normalized spacial score (nSPS) is 12.4. The van der Waals surface area contributed by atoms with E-state index in [1.165, 1.54) is 0 Å². The summed E-state index contributed by atoms with van der Waals surface area (Å²) in [5.74, 6) is 0.146. The molecule has 0 spiro atoms. The first-order valence-corrected chi connectivity index (χ1v) is 6.62. The molecule has 21 heavy (non-hydrogen) atoms. The maximum Gasteiger partial charge on any atom is 0.131 e. The van der Waals surface area contributed by atoms with E-state index in [9.17, 15) is 5.11 Å². The van der Waals surface area contributed by atoms with E-state index in [2.05, 4.69) is 19.7 Å². The standard InChI is InChI=1S/C19H21NO/c1-5-9-11-15(8-4)18-13-16(20)12-17(19(18)21)14(7-3)10-6-2/h5-13,21H,2-4,20H2,1H3/b9-5-,14-10+,15-11+. The molecule has 0 aromatic heterocycles. The van der Waals surface area contributed by atoms with E-state index in [1.807, 2.05) is 25.2 Å². The lowest BCUT2D eigenvalue weighted by molar-refractivity contribution is 0.472. The number of phenols is 1. The number of aromatic hydroxyl groups is 1. The van der Waals surface area contributed by atoms with Gasteiger partial charge in [-0.3, -0.25) is 0 Å². The number of anilines is 1. The third-order valence-electron chi connectivity index (χ3n) is 2.96. The SMILES string of the molecule is C=C/C=C(\C=C)c1cc(N)cc(/C(C=C)=C/C=C\C)c1O. The first kappa shape index (κ1) is 16.3. The second-order valence-electron chi connectivity index (χ2n) is 4.38. The molecule has 0 aliphatic heterocycles. The van der Waals surface area contributed by atoms with Crippen LogP contribution in [-0.2, 0) is 0 Å². The smallest absolute Gasteiger partial charge is 0.131 e. The quantitative estimate of drug-likeness (QED) is 0.443. The van der Waals surface area contributed by atoms with Crippen LogP contribution >= 0.6 is 0 Å². The maximum atomic E-state index is 10.6. The molecule has 0 amide bonds. The predicted molar refractivity (Wildman–Crippen MR) is 93.9 cm³/mol. The van der Waals surface area contributed by atoms with Crippen LogP contribution in [0.3, 0.4) is 0 Å². The van der Waals surface area contributed by atoms with Crippen LogP contribution in [0, 0.1) is 0 Å². The maximum absolute atomic E-state index is 10.6. The van der Waals surface area contributed by atoms with Gasteiger partial charge < -0.3 is 10.8 Å². The molecule has 1 aromatic carbocycles. The van der Waals surface area contributed by atoms with Crippen molar-refractivity contribution in [3.05, 3.63) is 85.5 Å². The van der Waals surface area contributed by atoms with Crippen molar-refractivity contribution in [2.75, 3.05) is 5.73 Å². The fourth-order valence-electron chi connectivity index (χ4n) is 1.96. The van der Waals surface area contributed by atoms with E-state index in [1.54, 1.807) is 36.4 Å². The molecule has 0 bridgehead atoms. The van der Waals surface area contributed by atoms with Crippen molar-refractivity contribution in [3.8, 4) is 5.75 Å². The third kappa shape index (κ3) is 3.86. The van der Waals surface area contributed by atoms with Crippen LogP contribution in [0.15, 0.2) is 74.4 Å². The number of rotatable bonds is 6. The third-order valence-corrected chi connectivity index (χ3v) is 2.96. The summed E-state index contributed by atoms with van der Waals surface area (Å²) in [6, 6.07) is 3.44. The summed E-state index contributed by atoms with van der Waals surface area (Å²) < 4.78 is 0. The van der Waals surface area contributed by atoms with Crippen molar-refractivity contribution in [2.45, 2.75) is 6.92 Å². The molecular formula is C19H21NO. The number of phenolic OH excluding ortho intramolecular Hbond substituents is 1. The minimum atomic E-state index is 0.146. The molecule has 0 aliphatic rings. The summed E-state index contributed by atoms with van der Waals surface area (Å²) in [5, 5.41) is 10.6. The lowest BCUT2D eigenvalue weighted by Crippen LogP contribution is -1.94. The Balaban J connectivity index is 3.60. The van der Waals surface area contributed by atoms with Crippen LogP contribution in [-0.4, -0.2) is 5.11 Å². The molecule has 0 fully saturated rings. The Hall–Kier alpha value is -2.74. The lowest BCUT2D eigenvalue weighted by atomic mass is 9.95. The molecule has 0 radical (unpaired) electrons. The van der Waals surface area contributed by atoms with Gasteiger partial charge in [-0.05, 0) is 30.2 Å². The first-order valence-electron chi connectivity index (χ1n) is 6.62. The number of nitrogens with two attached hydrogens (primary N) is 1. The molecule has 0 unspecified atom stereocenters. The molecular weight excluding hydrogens is 258 g/mol. The topological polar surface area (TPSA) is 46.2 Å². The fraction of sp³-hybridized carbons (Fsp3) is 0.0526. The second kappa shape index (κ2) is 7.75. The molecule has 3 N–H and O–H groups in total. The Morgan fingerprint density at radius 2 is 1.57 bits per heavy atom. The summed E-state index contributed by atoms with van der Waals surface area (Å²) in [5.41, 5.74) is 9.32.